The molecule has 4 rings (SSSR count). The molecule has 1 fully saturated rings. The molecule has 0 bridgehead atoms. The number of nitrogens with one attached hydrogen (secondary N) is 2. The van der Waals surface area contributed by atoms with E-state index in [2.05, 4.69) is 10.7 Å². The molecule has 1 aliphatic rings. The third-order valence-corrected chi connectivity index (χ3v) is 5.04. The van der Waals surface area contributed by atoms with E-state index < -0.39 is 23.4 Å². The van der Waals surface area contributed by atoms with E-state index in [4.69, 9.17) is 9.15 Å². The zero-order valence-corrected chi connectivity index (χ0v) is 17.0. The molecule has 1 aromatic heterocycles. The summed E-state index contributed by atoms with van der Waals surface area (Å²) in [7, 11) is 0. The number of hydrogen-bond donors (Lipinski definition) is 2. The molecular formula is C23H21N3O5. The van der Waals surface area contributed by atoms with Crippen LogP contribution in [0.1, 0.15) is 34.4 Å². The Hall–Kier alpha value is -4.07. The molecule has 2 aromatic carbocycles. The third kappa shape index (κ3) is 4.00. The van der Waals surface area contributed by atoms with Crippen molar-refractivity contribution in [2.24, 2.45) is 0 Å². The Labute approximate surface area is 178 Å². The smallest absolute Gasteiger partial charge is 0.344 e. The highest BCUT2D eigenvalue weighted by Crippen LogP contribution is 2.27. The molecule has 0 unspecified atom stereocenters. The molecule has 2 N–H and O–H groups in total. The lowest BCUT2D eigenvalue weighted by atomic mass is 9.92. The van der Waals surface area contributed by atoms with Crippen molar-refractivity contribution in [1.82, 2.24) is 15.8 Å². The number of furan rings is 1. The zero-order valence-electron chi connectivity index (χ0n) is 17.0. The number of benzene rings is 2. The number of hydrogen-bond acceptors (Lipinski definition) is 5. The van der Waals surface area contributed by atoms with Gasteiger partial charge in [-0.3, -0.25) is 9.59 Å². The van der Waals surface area contributed by atoms with Gasteiger partial charge in [-0.15, -0.1) is 0 Å². The van der Waals surface area contributed by atoms with Crippen LogP contribution in [0.2, 0.25) is 0 Å². The minimum absolute atomic E-state index is 0.0450. The highest BCUT2D eigenvalue weighted by Gasteiger charge is 2.50. The van der Waals surface area contributed by atoms with Gasteiger partial charge in [0, 0.05) is 0 Å². The minimum atomic E-state index is -1.28. The number of urea groups is 1. The zero-order chi connectivity index (χ0) is 22.0. The summed E-state index contributed by atoms with van der Waals surface area (Å²) < 4.78 is 11.1. The third-order valence-electron chi connectivity index (χ3n) is 5.04. The number of carbonyl (C=O) groups is 3. The molecule has 2 heterocycles. The van der Waals surface area contributed by atoms with Crippen molar-refractivity contribution in [3.05, 3.63) is 89.4 Å². The van der Waals surface area contributed by atoms with Crippen LogP contribution >= 0.6 is 0 Å². The number of aryl methyl sites for hydroxylation is 1. The minimum Gasteiger partial charge on any atom is -0.486 e. The molecule has 1 aliphatic heterocycles. The number of amides is 4. The van der Waals surface area contributed by atoms with Crippen LogP contribution in [0, 0.1) is 6.92 Å². The van der Waals surface area contributed by atoms with Gasteiger partial charge in [-0.25, -0.2) is 10.2 Å². The number of nitrogens with zero attached hydrogens (tertiary/aromatic N) is 1. The van der Waals surface area contributed by atoms with Crippen LogP contribution in [0.4, 0.5) is 4.79 Å². The second kappa shape index (κ2) is 7.98. The first kappa shape index (κ1) is 20.2. The van der Waals surface area contributed by atoms with Crippen LogP contribution in [-0.4, -0.2) is 22.9 Å². The first-order valence-corrected chi connectivity index (χ1v) is 9.68. The summed E-state index contributed by atoms with van der Waals surface area (Å²) in [6, 6.07) is 18.7. The van der Waals surface area contributed by atoms with Crippen molar-refractivity contribution >= 4 is 17.8 Å². The van der Waals surface area contributed by atoms with Gasteiger partial charge < -0.3 is 14.5 Å². The quantitative estimate of drug-likeness (QED) is 0.597. The lowest BCUT2D eigenvalue weighted by Crippen LogP contribution is -2.47. The van der Waals surface area contributed by atoms with Crippen LogP contribution in [0.5, 0.6) is 5.75 Å². The largest absolute Gasteiger partial charge is 0.486 e. The molecule has 3 aromatic rings. The molecule has 4 amide bonds. The average Bonchev–Trinajstić information content (AvgIpc) is 3.33. The molecule has 8 heteroatoms. The van der Waals surface area contributed by atoms with Crippen molar-refractivity contribution in [1.29, 1.82) is 0 Å². The summed E-state index contributed by atoms with van der Waals surface area (Å²) in [6.07, 6.45) is 0. The monoisotopic (exact) mass is 419 g/mol. The van der Waals surface area contributed by atoms with Crippen molar-refractivity contribution < 1.29 is 23.5 Å². The summed E-state index contributed by atoms with van der Waals surface area (Å²) in [6.45, 7) is 3.70. The summed E-state index contributed by atoms with van der Waals surface area (Å²) in [5, 5.41) is 3.29. The van der Waals surface area contributed by atoms with Crippen LogP contribution in [0.3, 0.4) is 0 Å². The number of carbonyl (C=O) groups excluding carboxylic acids is 3. The van der Waals surface area contributed by atoms with Gasteiger partial charge in [0.25, 0.3) is 5.91 Å². The predicted octanol–water partition coefficient (Wildman–Crippen LogP) is 3.28. The maximum atomic E-state index is 12.9. The first-order chi connectivity index (χ1) is 14.9. The van der Waals surface area contributed by atoms with Gasteiger partial charge in [0.05, 0.1) is 0 Å². The number of imide groups is 1. The molecule has 8 nitrogen and oxygen atoms in total. The fourth-order valence-electron chi connectivity index (χ4n) is 3.23. The van der Waals surface area contributed by atoms with E-state index in [0.29, 0.717) is 22.1 Å². The maximum absolute atomic E-state index is 12.9. The lowest BCUT2D eigenvalue weighted by molar-refractivity contribution is -0.132. The lowest BCUT2D eigenvalue weighted by Gasteiger charge is -2.21. The van der Waals surface area contributed by atoms with Crippen molar-refractivity contribution in [2.75, 3.05) is 0 Å². The number of rotatable bonds is 6. The molecule has 158 valence electrons. The molecule has 1 saturated heterocycles. The van der Waals surface area contributed by atoms with Gasteiger partial charge in [-0.05, 0) is 43.7 Å². The maximum Gasteiger partial charge on any atom is 0.344 e. The fraction of sp³-hybridized carbons (Fsp3) is 0.174. The van der Waals surface area contributed by atoms with Gasteiger partial charge in [-0.2, -0.15) is 5.01 Å². The molecule has 0 saturated carbocycles. The highest BCUT2D eigenvalue weighted by molar-refractivity contribution is 6.09. The van der Waals surface area contributed by atoms with Crippen molar-refractivity contribution in [3.8, 4) is 5.75 Å². The Morgan fingerprint density at radius 1 is 1.06 bits per heavy atom. The predicted molar refractivity (Wildman–Crippen MR) is 111 cm³/mol. The summed E-state index contributed by atoms with van der Waals surface area (Å²) in [5.74, 6) is -0.255. The fourth-order valence-corrected chi connectivity index (χ4v) is 3.23. The Morgan fingerprint density at radius 3 is 2.48 bits per heavy atom. The van der Waals surface area contributed by atoms with Crippen LogP contribution in [0.15, 0.2) is 71.1 Å². The van der Waals surface area contributed by atoms with E-state index in [-0.39, 0.29) is 12.4 Å². The van der Waals surface area contributed by atoms with Crippen LogP contribution < -0.4 is 15.5 Å². The van der Waals surface area contributed by atoms with Gasteiger partial charge in [0.2, 0.25) is 0 Å². The second-order valence-corrected chi connectivity index (χ2v) is 7.37. The van der Waals surface area contributed by atoms with Crippen molar-refractivity contribution in [2.45, 2.75) is 26.0 Å². The molecule has 0 spiro atoms. The van der Waals surface area contributed by atoms with E-state index in [1.54, 1.807) is 37.3 Å². The molecule has 0 aliphatic carbocycles. The number of hydrazine groups is 1. The molecular weight excluding hydrogens is 398 g/mol. The van der Waals surface area contributed by atoms with Crippen LogP contribution in [-0.2, 0) is 16.9 Å². The molecule has 31 heavy (non-hydrogen) atoms. The first-order valence-electron chi connectivity index (χ1n) is 9.68. The molecule has 1 atom stereocenters. The van der Waals surface area contributed by atoms with Gasteiger partial charge in [0.15, 0.2) is 5.76 Å². The van der Waals surface area contributed by atoms with Gasteiger partial charge in [0.1, 0.15) is 23.7 Å². The highest BCUT2D eigenvalue weighted by atomic mass is 16.5. The average molecular weight is 419 g/mol. The van der Waals surface area contributed by atoms with E-state index in [1.165, 1.54) is 6.07 Å². The topological polar surface area (TPSA) is 101 Å². The Kier molecular flexibility index (Phi) is 5.21. The SMILES string of the molecule is Cc1ccc(OCc2ccc(C(=O)NN3C(=O)N[C@@](C)(c4ccccc4)C3=O)o2)cc1. The summed E-state index contributed by atoms with van der Waals surface area (Å²) in [5.41, 5.74) is 2.76. The van der Waals surface area contributed by atoms with Crippen molar-refractivity contribution in [3.63, 3.8) is 0 Å². The van der Waals surface area contributed by atoms with E-state index in [0.717, 1.165) is 5.56 Å². The van der Waals surface area contributed by atoms with Gasteiger partial charge >= 0.3 is 11.9 Å². The van der Waals surface area contributed by atoms with E-state index >= 15 is 0 Å². The summed E-state index contributed by atoms with van der Waals surface area (Å²) >= 11 is 0. The number of ether oxygens (including phenoxy) is 1. The summed E-state index contributed by atoms with van der Waals surface area (Å²) in [4.78, 5) is 37.8. The second-order valence-electron chi connectivity index (χ2n) is 7.37. The van der Waals surface area contributed by atoms with E-state index in [9.17, 15) is 14.4 Å². The Balaban J connectivity index is 1.41. The molecule has 0 radical (unpaired) electrons. The standard InChI is InChI=1S/C23H21N3O5/c1-15-8-10-17(11-9-15)30-14-18-12-13-19(31-18)20(27)25-26-21(28)23(2,24-22(26)29)16-6-4-3-5-7-16/h3-13H,14H2,1-2H3,(H,24,29)(H,25,27)/t23-/m0/s1. The van der Waals surface area contributed by atoms with Crippen LogP contribution in [0.25, 0.3) is 0 Å². The Bertz CT molecular complexity index is 1120. The van der Waals surface area contributed by atoms with E-state index in [1.807, 2.05) is 37.3 Å². The van der Waals surface area contributed by atoms with Gasteiger partial charge in [-0.1, -0.05) is 48.0 Å². The Morgan fingerprint density at radius 2 is 1.77 bits per heavy atom. The normalized spacial score (nSPS) is 18.1.